The van der Waals surface area contributed by atoms with Gasteiger partial charge in [0.15, 0.2) is 0 Å². The Labute approximate surface area is 286 Å². The third kappa shape index (κ3) is 33.5. The van der Waals surface area contributed by atoms with Gasteiger partial charge in [-0.1, -0.05) is 164 Å². The molecule has 0 aliphatic heterocycles. The highest BCUT2D eigenvalue weighted by atomic mass is 16.3. The SMILES string of the molecule is CCCCC/C=C\C=C/CCCCCCCCCCCCC(=O)NC(CO)C(O)/C=C/CC/C=C/CC/C=C/CCCCCCC. The molecule has 2 unspecified atom stereocenters. The maximum Gasteiger partial charge on any atom is 0.220 e. The van der Waals surface area contributed by atoms with E-state index in [1.165, 1.54) is 122 Å². The van der Waals surface area contributed by atoms with Gasteiger partial charge in [-0.05, 0) is 70.6 Å². The van der Waals surface area contributed by atoms with E-state index >= 15 is 0 Å². The van der Waals surface area contributed by atoms with Crippen LogP contribution in [0.4, 0.5) is 0 Å². The van der Waals surface area contributed by atoms with E-state index in [0.29, 0.717) is 6.42 Å². The molecule has 1 amide bonds. The average molecular weight is 642 g/mol. The maximum atomic E-state index is 12.3. The van der Waals surface area contributed by atoms with Crippen LogP contribution in [0.1, 0.15) is 181 Å². The summed E-state index contributed by atoms with van der Waals surface area (Å²) in [6.07, 6.45) is 51.6. The lowest BCUT2D eigenvalue weighted by Gasteiger charge is -2.19. The first-order valence-electron chi connectivity index (χ1n) is 19.5. The molecule has 46 heavy (non-hydrogen) atoms. The molecule has 0 saturated heterocycles. The summed E-state index contributed by atoms with van der Waals surface area (Å²) in [7, 11) is 0. The molecule has 0 aliphatic rings. The molecule has 0 heterocycles. The summed E-state index contributed by atoms with van der Waals surface area (Å²) in [6.45, 7) is 4.23. The van der Waals surface area contributed by atoms with Crippen LogP contribution in [0.3, 0.4) is 0 Å². The molecule has 4 heteroatoms. The van der Waals surface area contributed by atoms with Gasteiger partial charge >= 0.3 is 0 Å². The Morgan fingerprint density at radius 3 is 1.43 bits per heavy atom. The normalized spacial score (nSPS) is 13.7. The zero-order chi connectivity index (χ0) is 33.6. The number of allylic oxidation sites excluding steroid dienone is 9. The molecule has 0 fully saturated rings. The molecule has 0 aromatic carbocycles. The summed E-state index contributed by atoms with van der Waals surface area (Å²) in [5.74, 6) is -0.0854. The Hall–Kier alpha value is -1.91. The molecule has 2 atom stereocenters. The summed E-state index contributed by atoms with van der Waals surface area (Å²) in [5, 5.41) is 22.9. The van der Waals surface area contributed by atoms with Crippen LogP contribution in [0.25, 0.3) is 0 Å². The number of hydrogen-bond acceptors (Lipinski definition) is 3. The number of amides is 1. The predicted molar refractivity (Wildman–Crippen MR) is 202 cm³/mol. The molecule has 0 aliphatic carbocycles. The number of rotatable bonds is 34. The number of nitrogens with one attached hydrogen (secondary N) is 1. The minimum Gasteiger partial charge on any atom is -0.394 e. The fourth-order valence-corrected chi connectivity index (χ4v) is 5.43. The highest BCUT2D eigenvalue weighted by molar-refractivity contribution is 5.76. The van der Waals surface area contributed by atoms with E-state index in [-0.39, 0.29) is 12.5 Å². The van der Waals surface area contributed by atoms with Crippen molar-refractivity contribution in [2.45, 2.75) is 193 Å². The molecular formula is C42H75NO3. The van der Waals surface area contributed by atoms with Crippen LogP contribution in [0.2, 0.25) is 0 Å². The van der Waals surface area contributed by atoms with Crippen LogP contribution in [-0.2, 0) is 4.79 Å². The molecule has 3 N–H and O–H groups in total. The van der Waals surface area contributed by atoms with E-state index in [1.807, 2.05) is 6.08 Å². The van der Waals surface area contributed by atoms with E-state index < -0.39 is 12.1 Å². The van der Waals surface area contributed by atoms with Crippen molar-refractivity contribution < 1.29 is 15.0 Å². The molecule has 0 spiro atoms. The summed E-state index contributed by atoms with van der Waals surface area (Å²) < 4.78 is 0. The quantitative estimate of drug-likeness (QED) is 0.0372. The Kier molecular flexibility index (Phi) is 36.0. The number of aliphatic hydroxyl groups is 2. The zero-order valence-electron chi connectivity index (χ0n) is 30.3. The summed E-state index contributed by atoms with van der Waals surface area (Å²) >= 11 is 0. The average Bonchev–Trinajstić information content (AvgIpc) is 3.06. The zero-order valence-corrected chi connectivity index (χ0v) is 30.3. The first-order chi connectivity index (χ1) is 22.7. The lowest BCUT2D eigenvalue weighted by atomic mass is 10.0. The van der Waals surface area contributed by atoms with Gasteiger partial charge in [0.1, 0.15) is 0 Å². The van der Waals surface area contributed by atoms with Crippen LogP contribution < -0.4 is 5.32 Å². The van der Waals surface area contributed by atoms with Crippen molar-refractivity contribution in [2.24, 2.45) is 0 Å². The van der Waals surface area contributed by atoms with Crippen molar-refractivity contribution in [1.82, 2.24) is 5.32 Å². The van der Waals surface area contributed by atoms with Gasteiger partial charge in [-0.3, -0.25) is 4.79 Å². The first kappa shape index (κ1) is 44.1. The number of hydrogen-bond donors (Lipinski definition) is 3. The monoisotopic (exact) mass is 642 g/mol. The van der Waals surface area contributed by atoms with Gasteiger partial charge in [0, 0.05) is 6.42 Å². The van der Waals surface area contributed by atoms with Crippen LogP contribution in [0.5, 0.6) is 0 Å². The molecule has 0 aromatic heterocycles. The second-order valence-corrected chi connectivity index (χ2v) is 13.0. The number of carbonyl (C=O) groups is 1. The first-order valence-corrected chi connectivity index (χ1v) is 19.5. The minimum absolute atomic E-state index is 0.0854. The maximum absolute atomic E-state index is 12.3. The summed E-state index contributed by atoms with van der Waals surface area (Å²) in [4.78, 5) is 12.3. The van der Waals surface area contributed by atoms with Gasteiger partial charge in [-0.15, -0.1) is 0 Å². The van der Waals surface area contributed by atoms with Crippen LogP contribution in [0.15, 0.2) is 60.8 Å². The second-order valence-electron chi connectivity index (χ2n) is 13.0. The Bertz CT molecular complexity index is 782. The molecule has 0 aromatic rings. The Morgan fingerprint density at radius 1 is 0.522 bits per heavy atom. The number of aliphatic hydroxyl groups excluding tert-OH is 2. The van der Waals surface area contributed by atoms with Crippen LogP contribution in [0, 0.1) is 0 Å². The van der Waals surface area contributed by atoms with E-state index in [9.17, 15) is 15.0 Å². The number of carbonyl (C=O) groups excluding carboxylic acids is 1. The lowest BCUT2D eigenvalue weighted by molar-refractivity contribution is -0.123. The minimum atomic E-state index is -0.872. The van der Waals surface area contributed by atoms with E-state index in [4.69, 9.17) is 0 Å². The van der Waals surface area contributed by atoms with Crippen molar-refractivity contribution in [3.63, 3.8) is 0 Å². The third-order valence-corrected chi connectivity index (χ3v) is 8.48. The standard InChI is InChI=1S/C42H75NO3/c1-3-5-7-9-11-13-15-17-19-20-21-22-24-26-28-30-32-34-36-38-42(46)43-40(39-44)41(45)37-35-33-31-29-27-25-23-18-16-14-12-10-8-6-4-2/h11,13,15-18,27,29,35,37,40-41,44-45H,3-10,12,14,19-26,28,30-34,36,38-39H2,1-2H3,(H,43,46)/b13-11-,17-15-,18-16+,29-27+,37-35+. The van der Waals surface area contributed by atoms with Crippen molar-refractivity contribution >= 4 is 5.91 Å². The fraction of sp³-hybridized carbons (Fsp3) is 0.738. The van der Waals surface area contributed by atoms with Crippen molar-refractivity contribution in [1.29, 1.82) is 0 Å². The fourth-order valence-electron chi connectivity index (χ4n) is 5.43. The van der Waals surface area contributed by atoms with E-state index in [2.05, 4.69) is 67.8 Å². The van der Waals surface area contributed by atoms with Crippen LogP contribution in [-0.4, -0.2) is 34.9 Å². The van der Waals surface area contributed by atoms with Gasteiger partial charge in [0.05, 0.1) is 18.8 Å². The van der Waals surface area contributed by atoms with Gasteiger partial charge in [0.25, 0.3) is 0 Å². The molecule has 0 saturated carbocycles. The molecule has 266 valence electrons. The Balaban J connectivity index is 3.69. The van der Waals surface area contributed by atoms with E-state index in [1.54, 1.807) is 6.08 Å². The predicted octanol–water partition coefficient (Wildman–Crippen LogP) is 11.8. The van der Waals surface area contributed by atoms with Gasteiger partial charge in [0.2, 0.25) is 5.91 Å². The topological polar surface area (TPSA) is 69.6 Å². The molecule has 0 rings (SSSR count). The highest BCUT2D eigenvalue weighted by Gasteiger charge is 2.17. The third-order valence-electron chi connectivity index (χ3n) is 8.48. The van der Waals surface area contributed by atoms with Crippen molar-refractivity contribution in [3.8, 4) is 0 Å². The van der Waals surface area contributed by atoms with E-state index in [0.717, 1.165) is 38.5 Å². The summed E-state index contributed by atoms with van der Waals surface area (Å²) in [6, 6.07) is -0.647. The lowest BCUT2D eigenvalue weighted by Crippen LogP contribution is -2.45. The van der Waals surface area contributed by atoms with Gasteiger partial charge < -0.3 is 15.5 Å². The molecular weight excluding hydrogens is 566 g/mol. The second kappa shape index (κ2) is 37.5. The molecule has 4 nitrogen and oxygen atoms in total. The van der Waals surface area contributed by atoms with Crippen molar-refractivity contribution in [3.05, 3.63) is 60.8 Å². The van der Waals surface area contributed by atoms with Gasteiger partial charge in [-0.2, -0.15) is 0 Å². The van der Waals surface area contributed by atoms with Crippen molar-refractivity contribution in [2.75, 3.05) is 6.61 Å². The smallest absolute Gasteiger partial charge is 0.220 e. The molecule has 0 bridgehead atoms. The largest absolute Gasteiger partial charge is 0.394 e. The Morgan fingerprint density at radius 2 is 0.913 bits per heavy atom. The highest BCUT2D eigenvalue weighted by Crippen LogP contribution is 2.13. The summed E-state index contributed by atoms with van der Waals surface area (Å²) in [5.41, 5.74) is 0. The van der Waals surface area contributed by atoms with Crippen LogP contribution >= 0.6 is 0 Å². The molecule has 0 radical (unpaired) electrons. The van der Waals surface area contributed by atoms with Gasteiger partial charge in [-0.25, -0.2) is 0 Å². The number of unbranched alkanes of at least 4 members (excludes halogenated alkanes) is 20.